The van der Waals surface area contributed by atoms with E-state index in [9.17, 15) is 0 Å². The molecule has 1 aromatic rings. The minimum atomic E-state index is 0.866. The van der Waals surface area contributed by atoms with Gasteiger partial charge in [0.1, 0.15) is 0 Å². The third kappa shape index (κ3) is 2.07. The fourth-order valence-electron chi connectivity index (χ4n) is 1.78. The standard InChI is InChI=1S/C12H16Cl2/c1-4-8-7-11(13)9(5-2)10(6-3)12(8)14/h7H,4-6H2,1-3H3. The zero-order valence-electron chi connectivity index (χ0n) is 8.95. The van der Waals surface area contributed by atoms with Crippen LogP contribution in [0.2, 0.25) is 10.0 Å². The second-order valence-corrected chi connectivity index (χ2v) is 4.13. The molecule has 0 nitrogen and oxygen atoms in total. The zero-order valence-corrected chi connectivity index (χ0v) is 10.5. The molecule has 2 heteroatoms. The van der Waals surface area contributed by atoms with Crippen LogP contribution in [0.5, 0.6) is 0 Å². The molecule has 0 unspecified atom stereocenters. The third-order valence-corrected chi connectivity index (χ3v) is 3.40. The number of benzene rings is 1. The lowest BCUT2D eigenvalue weighted by atomic mass is 9.98. The van der Waals surface area contributed by atoms with Crippen molar-refractivity contribution in [3.05, 3.63) is 32.8 Å². The summed E-state index contributed by atoms with van der Waals surface area (Å²) < 4.78 is 0. The van der Waals surface area contributed by atoms with E-state index in [1.165, 1.54) is 11.1 Å². The first kappa shape index (κ1) is 11.9. The molecule has 1 rings (SSSR count). The van der Waals surface area contributed by atoms with Crippen LogP contribution in [-0.2, 0) is 19.3 Å². The van der Waals surface area contributed by atoms with E-state index in [0.29, 0.717) is 0 Å². The van der Waals surface area contributed by atoms with Gasteiger partial charge in [0.2, 0.25) is 0 Å². The molecule has 0 aliphatic carbocycles. The predicted molar refractivity (Wildman–Crippen MR) is 64.6 cm³/mol. The fraction of sp³-hybridized carbons (Fsp3) is 0.500. The number of hydrogen-bond acceptors (Lipinski definition) is 0. The van der Waals surface area contributed by atoms with Crippen LogP contribution in [0.3, 0.4) is 0 Å². The Labute approximate surface area is 96.2 Å². The van der Waals surface area contributed by atoms with Crippen LogP contribution in [0.15, 0.2) is 6.07 Å². The highest BCUT2D eigenvalue weighted by molar-refractivity contribution is 6.35. The maximum atomic E-state index is 6.31. The van der Waals surface area contributed by atoms with Crippen LogP contribution < -0.4 is 0 Å². The monoisotopic (exact) mass is 230 g/mol. The molecule has 0 fully saturated rings. The van der Waals surface area contributed by atoms with Crippen molar-refractivity contribution in [3.8, 4) is 0 Å². The summed E-state index contributed by atoms with van der Waals surface area (Å²) in [5.41, 5.74) is 3.58. The van der Waals surface area contributed by atoms with Crippen molar-refractivity contribution in [3.63, 3.8) is 0 Å². The van der Waals surface area contributed by atoms with Gasteiger partial charge in [0.25, 0.3) is 0 Å². The van der Waals surface area contributed by atoms with Crippen molar-refractivity contribution < 1.29 is 0 Å². The van der Waals surface area contributed by atoms with E-state index in [2.05, 4.69) is 20.8 Å². The summed E-state index contributed by atoms with van der Waals surface area (Å²) in [7, 11) is 0. The van der Waals surface area contributed by atoms with Gasteiger partial charge in [-0.2, -0.15) is 0 Å². The minimum Gasteiger partial charge on any atom is -0.0840 e. The van der Waals surface area contributed by atoms with E-state index < -0.39 is 0 Å². The van der Waals surface area contributed by atoms with Gasteiger partial charge in [-0.25, -0.2) is 0 Å². The van der Waals surface area contributed by atoms with Gasteiger partial charge >= 0.3 is 0 Å². The molecule has 0 aliphatic rings. The van der Waals surface area contributed by atoms with E-state index in [1.54, 1.807) is 0 Å². The lowest BCUT2D eigenvalue weighted by molar-refractivity contribution is 1.02. The minimum absolute atomic E-state index is 0.866. The molecule has 0 bridgehead atoms. The highest BCUT2D eigenvalue weighted by Crippen LogP contribution is 2.31. The molecule has 0 atom stereocenters. The molecule has 0 N–H and O–H groups in total. The third-order valence-electron chi connectivity index (χ3n) is 2.59. The molecule has 0 heterocycles. The van der Waals surface area contributed by atoms with Gasteiger partial charge in [-0.15, -0.1) is 0 Å². The molecule has 78 valence electrons. The molecular formula is C12H16Cl2. The lowest BCUT2D eigenvalue weighted by Gasteiger charge is -2.13. The highest BCUT2D eigenvalue weighted by Gasteiger charge is 2.12. The van der Waals surface area contributed by atoms with Gasteiger partial charge in [0, 0.05) is 10.0 Å². The van der Waals surface area contributed by atoms with Gasteiger partial charge in [0.05, 0.1) is 0 Å². The Balaban J connectivity index is 3.40. The van der Waals surface area contributed by atoms with E-state index >= 15 is 0 Å². The predicted octanol–water partition coefficient (Wildman–Crippen LogP) is 4.68. The van der Waals surface area contributed by atoms with Gasteiger partial charge in [-0.3, -0.25) is 0 Å². The number of rotatable bonds is 3. The summed E-state index contributed by atoms with van der Waals surface area (Å²) in [5.74, 6) is 0. The Morgan fingerprint density at radius 3 is 1.93 bits per heavy atom. The summed E-state index contributed by atoms with van der Waals surface area (Å²) in [5, 5.41) is 1.78. The Bertz CT molecular complexity index is 330. The quantitative estimate of drug-likeness (QED) is 0.708. The highest BCUT2D eigenvalue weighted by atomic mass is 35.5. The first-order valence-corrected chi connectivity index (χ1v) is 5.89. The number of aryl methyl sites for hydroxylation is 1. The molecule has 0 aromatic heterocycles. The summed E-state index contributed by atoms with van der Waals surface area (Å²) >= 11 is 12.5. The average molecular weight is 231 g/mol. The molecule has 0 aliphatic heterocycles. The van der Waals surface area contributed by atoms with Crippen molar-refractivity contribution in [2.24, 2.45) is 0 Å². The SMILES string of the molecule is CCc1cc(Cl)c(CC)c(CC)c1Cl. The van der Waals surface area contributed by atoms with Crippen molar-refractivity contribution in [2.75, 3.05) is 0 Å². The van der Waals surface area contributed by atoms with Crippen molar-refractivity contribution in [2.45, 2.75) is 40.0 Å². The van der Waals surface area contributed by atoms with Crippen molar-refractivity contribution >= 4 is 23.2 Å². The largest absolute Gasteiger partial charge is 0.0840 e. The van der Waals surface area contributed by atoms with Crippen LogP contribution in [0, 0.1) is 0 Å². The smallest absolute Gasteiger partial charge is 0.0473 e. The molecule has 1 aromatic carbocycles. The van der Waals surface area contributed by atoms with Crippen LogP contribution >= 0.6 is 23.2 Å². The van der Waals surface area contributed by atoms with Crippen LogP contribution in [0.25, 0.3) is 0 Å². The normalized spacial score (nSPS) is 10.6. The summed E-state index contributed by atoms with van der Waals surface area (Å²) in [6, 6.07) is 2.00. The lowest BCUT2D eigenvalue weighted by Crippen LogP contribution is -1.97. The average Bonchev–Trinajstić information content (AvgIpc) is 2.20. The Morgan fingerprint density at radius 1 is 0.929 bits per heavy atom. The second-order valence-electron chi connectivity index (χ2n) is 3.35. The molecule has 0 saturated heterocycles. The molecule has 0 saturated carbocycles. The molecule has 0 spiro atoms. The van der Waals surface area contributed by atoms with Gasteiger partial charge in [0.15, 0.2) is 0 Å². The van der Waals surface area contributed by atoms with Gasteiger partial charge < -0.3 is 0 Å². The Hall–Kier alpha value is -0.200. The molecular weight excluding hydrogens is 215 g/mol. The van der Waals surface area contributed by atoms with E-state index in [0.717, 1.165) is 34.9 Å². The second kappa shape index (κ2) is 5.04. The molecule has 0 radical (unpaired) electrons. The Kier molecular flexibility index (Phi) is 4.28. The first-order chi connectivity index (χ1) is 6.65. The van der Waals surface area contributed by atoms with E-state index in [-0.39, 0.29) is 0 Å². The van der Waals surface area contributed by atoms with Crippen LogP contribution in [0.4, 0.5) is 0 Å². The Morgan fingerprint density at radius 2 is 1.50 bits per heavy atom. The van der Waals surface area contributed by atoms with E-state index in [4.69, 9.17) is 23.2 Å². The zero-order chi connectivity index (χ0) is 10.7. The molecule has 0 amide bonds. The van der Waals surface area contributed by atoms with Crippen molar-refractivity contribution in [1.82, 2.24) is 0 Å². The van der Waals surface area contributed by atoms with Gasteiger partial charge in [-0.05, 0) is 42.0 Å². The number of hydrogen-bond donors (Lipinski definition) is 0. The maximum absolute atomic E-state index is 6.31. The van der Waals surface area contributed by atoms with Crippen molar-refractivity contribution in [1.29, 1.82) is 0 Å². The first-order valence-electron chi connectivity index (χ1n) is 5.14. The van der Waals surface area contributed by atoms with E-state index in [1.807, 2.05) is 6.07 Å². The number of halogens is 2. The van der Waals surface area contributed by atoms with Gasteiger partial charge in [-0.1, -0.05) is 44.0 Å². The summed E-state index contributed by atoms with van der Waals surface area (Å²) in [4.78, 5) is 0. The fourth-order valence-corrected chi connectivity index (χ4v) is 2.60. The topological polar surface area (TPSA) is 0 Å². The van der Waals surface area contributed by atoms with Crippen LogP contribution in [0.1, 0.15) is 37.5 Å². The maximum Gasteiger partial charge on any atom is 0.0473 e. The van der Waals surface area contributed by atoms with Crippen LogP contribution in [-0.4, -0.2) is 0 Å². The molecule has 14 heavy (non-hydrogen) atoms. The summed E-state index contributed by atoms with van der Waals surface area (Å²) in [6.07, 6.45) is 2.84. The summed E-state index contributed by atoms with van der Waals surface area (Å²) in [6.45, 7) is 6.33.